The van der Waals surface area contributed by atoms with E-state index < -0.39 is 21.5 Å². The lowest BCUT2D eigenvalue weighted by Crippen LogP contribution is -2.55. The molecule has 0 N–H and O–H groups in total. The Bertz CT molecular complexity index is 872. The summed E-state index contributed by atoms with van der Waals surface area (Å²) in [6.45, 7) is 6.02. The summed E-state index contributed by atoms with van der Waals surface area (Å²) in [7, 11) is -3.64. The second-order valence-electron chi connectivity index (χ2n) is 8.48. The molecule has 29 heavy (non-hydrogen) atoms. The number of sulfone groups is 1. The Hall–Kier alpha value is -2.35. The highest BCUT2D eigenvalue weighted by Gasteiger charge is 2.38. The summed E-state index contributed by atoms with van der Waals surface area (Å²) in [5, 5.41) is 1.10. The van der Waals surface area contributed by atoms with Crippen molar-refractivity contribution in [3.05, 3.63) is 41.3 Å². The molecule has 3 rings (SSSR count). The molecule has 0 atom stereocenters. The van der Waals surface area contributed by atoms with Crippen molar-refractivity contribution in [2.24, 2.45) is 5.41 Å². The van der Waals surface area contributed by atoms with Gasteiger partial charge >= 0.3 is 6.09 Å². The molecule has 0 aromatic heterocycles. The summed E-state index contributed by atoms with van der Waals surface area (Å²) in [6.07, 6.45) is 2.44. The Morgan fingerprint density at radius 1 is 1.21 bits per heavy atom. The number of ether oxygens (including phenoxy) is 1. The molecular weight excluding hydrogens is 392 g/mol. The van der Waals surface area contributed by atoms with Crippen LogP contribution in [0.3, 0.4) is 0 Å². The van der Waals surface area contributed by atoms with Crippen LogP contribution in [0.15, 0.2) is 35.7 Å². The highest BCUT2D eigenvalue weighted by molar-refractivity contribution is 7.95. The molecule has 8 heteroatoms. The predicted octanol–water partition coefficient (Wildman–Crippen LogP) is 2.54. The van der Waals surface area contributed by atoms with Gasteiger partial charge in [-0.05, 0) is 24.5 Å². The van der Waals surface area contributed by atoms with Crippen molar-refractivity contribution in [2.75, 3.05) is 32.0 Å². The van der Waals surface area contributed by atoms with Crippen molar-refractivity contribution in [3.8, 4) is 0 Å². The normalized spacial score (nSPS) is 20.7. The van der Waals surface area contributed by atoms with Gasteiger partial charge in [0.2, 0.25) is 5.91 Å². The third-order valence-electron chi connectivity index (χ3n) is 5.27. The molecule has 0 bridgehead atoms. The lowest BCUT2D eigenvalue weighted by molar-refractivity contribution is -0.130. The molecular formula is C21H28N2O5S. The minimum Gasteiger partial charge on any atom is -0.449 e. The van der Waals surface area contributed by atoms with Gasteiger partial charge in [0.15, 0.2) is 9.84 Å². The van der Waals surface area contributed by atoms with E-state index in [2.05, 4.69) is 13.8 Å². The molecule has 1 aromatic carbocycles. The summed E-state index contributed by atoms with van der Waals surface area (Å²) in [4.78, 5) is 27.9. The molecule has 0 spiro atoms. The number of hydrogen-bond acceptors (Lipinski definition) is 5. The topological polar surface area (TPSA) is 84.0 Å². The first kappa shape index (κ1) is 21.4. The number of rotatable bonds is 5. The first-order valence-corrected chi connectivity index (χ1v) is 11.5. The van der Waals surface area contributed by atoms with Gasteiger partial charge in [0.25, 0.3) is 0 Å². The SMILES string of the molecule is CC1(C)COC(=O)N(C2CCN(C(=O)CS(=O)(=O)C=Cc3ccccc3)CC2)C1. The Morgan fingerprint density at radius 2 is 1.86 bits per heavy atom. The maximum atomic E-state index is 12.5. The second-order valence-corrected chi connectivity index (χ2v) is 10.4. The average Bonchev–Trinajstić information content (AvgIpc) is 2.69. The number of piperidine rings is 1. The smallest absolute Gasteiger partial charge is 0.410 e. The largest absolute Gasteiger partial charge is 0.449 e. The monoisotopic (exact) mass is 420 g/mol. The van der Waals surface area contributed by atoms with Crippen molar-refractivity contribution in [1.82, 2.24) is 9.80 Å². The number of hydrogen-bond donors (Lipinski definition) is 0. The van der Waals surface area contributed by atoms with Gasteiger partial charge in [0.1, 0.15) is 5.75 Å². The van der Waals surface area contributed by atoms with Crippen LogP contribution in [0, 0.1) is 5.41 Å². The fourth-order valence-electron chi connectivity index (χ4n) is 3.67. The number of cyclic esters (lactones) is 1. The van der Waals surface area contributed by atoms with E-state index in [4.69, 9.17) is 4.74 Å². The van der Waals surface area contributed by atoms with Crippen LogP contribution in [0.1, 0.15) is 32.3 Å². The number of carbonyl (C=O) groups excluding carboxylic acids is 2. The van der Waals surface area contributed by atoms with Crippen LogP contribution in [0.2, 0.25) is 0 Å². The molecule has 2 fully saturated rings. The van der Waals surface area contributed by atoms with E-state index in [-0.39, 0.29) is 17.6 Å². The average molecular weight is 421 g/mol. The van der Waals surface area contributed by atoms with Gasteiger partial charge < -0.3 is 14.5 Å². The number of benzene rings is 1. The molecule has 0 aliphatic carbocycles. The number of amides is 2. The molecule has 0 radical (unpaired) electrons. The molecule has 0 unspecified atom stereocenters. The van der Waals surface area contributed by atoms with Gasteiger partial charge in [0, 0.05) is 36.5 Å². The second kappa shape index (κ2) is 8.57. The Balaban J connectivity index is 1.53. The van der Waals surface area contributed by atoms with Crippen molar-refractivity contribution >= 4 is 27.9 Å². The lowest BCUT2D eigenvalue weighted by Gasteiger charge is -2.44. The van der Waals surface area contributed by atoms with Gasteiger partial charge in [0.05, 0.1) is 6.61 Å². The van der Waals surface area contributed by atoms with Gasteiger partial charge in [-0.2, -0.15) is 0 Å². The van der Waals surface area contributed by atoms with E-state index in [1.807, 2.05) is 18.2 Å². The summed E-state index contributed by atoms with van der Waals surface area (Å²) in [5.74, 6) is -0.942. The number of likely N-dealkylation sites (tertiary alicyclic amines) is 1. The number of carbonyl (C=O) groups is 2. The first-order chi connectivity index (χ1) is 13.7. The summed E-state index contributed by atoms with van der Waals surface area (Å²) in [6, 6.07) is 9.10. The van der Waals surface area contributed by atoms with Crippen LogP contribution in [-0.4, -0.2) is 68.3 Å². The van der Waals surface area contributed by atoms with Crippen molar-refractivity contribution in [1.29, 1.82) is 0 Å². The van der Waals surface area contributed by atoms with Gasteiger partial charge in [-0.3, -0.25) is 4.79 Å². The fourth-order valence-corrected chi connectivity index (χ4v) is 4.66. The highest BCUT2D eigenvalue weighted by Crippen LogP contribution is 2.28. The molecule has 7 nitrogen and oxygen atoms in total. The zero-order chi connectivity index (χ0) is 21.1. The van der Waals surface area contributed by atoms with Gasteiger partial charge in [-0.1, -0.05) is 44.2 Å². The molecule has 0 saturated carbocycles. The standard InChI is InChI=1S/C21H28N2O5S/c1-21(2)15-23(20(25)28-16-21)18-8-11-22(12-9-18)19(24)14-29(26,27)13-10-17-6-4-3-5-7-17/h3-7,10,13,18H,8-9,11-12,14-16H2,1-2H3. The third-order valence-corrected chi connectivity index (χ3v) is 6.47. The van der Waals surface area contributed by atoms with Gasteiger partial charge in [-0.25, -0.2) is 13.2 Å². The van der Waals surface area contributed by atoms with Crippen LogP contribution < -0.4 is 0 Å². The zero-order valence-electron chi connectivity index (χ0n) is 16.9. The van der Waals surface area contributed by atoms with E-state index in [1.165, 1.54) is 6.08 Å². The van der Waals surface area contributed by atoms with Crippen LogP contribution in [0.5, 0.6) is 0 Å². The molecule has 1 aromatic rings. The molecule has 2 amide bonds. The van der Waals surface area contributed by atoms with E-state index in [0.29, 0.717) is 39.1 Å². The fraction of sp³-hybridized carbons (Fsp3) is 0.524. The molecule has 158 valence electrons. The Kier molecular flexibility index (Phi) is 6.31. The third kappa shape index (κ3) is 5.82. The maximum absolute atomic E-state index is 12.5. The summed E-state index contributed by atoms with van der Waals surface area (Å²) in [5.41, 5.74) is 0.667. The quantitative estimate of drug-likeness (QED) is 0.731. The lowest BCUT2D eigenvalue weighted by atomic mass is 9.91. The van der Waals surface area contributed by atoms with Crippen LogP contribution >= 0.6 is 0 Å². The maximum Gasteiger partial charge on any atom is 0.410 e. The Labute approximate surface area is 172 Å². The van der Waals surface area contributed by atoms with Crippen molar-refractivity contribution in [2.45, 2.75) is 32.7 Å². The molecule has 2 saturated heterocycles. The minimum absolute atomic E-state index is 0.0145. The van der Waals surface area contributed by atoms with E-state index >= 15 is 0 Å². The van der Waals surface area contributed by atoms with Crippen molar-refractivity contribution in [3.63, 3.8) is 0 Å². The Morgan fingerprint density at radius 3 is 2.52 bits per heavy atom. The number of nitrogens with zero attached hydrogens (tertiary/aromatic N) is 2. The van der Waals surface area contributed by atoms with Crippen LogP contribution in [0.4, 0.5) is 4.79 Å². The zero-order valence-corrected chi connectivity index (χ0v) is 17.7. The minimum atomic E-state index is -3.64. The predicted molar refractivity (Wildman–Crippen MR) is 111 cm³/mol. The van der Waals surface area contributed by atoms with Crippen molar-refractivity contribution < 1.29 is 22.7 Å². The molecule has 2 aliphatic rings. The summed E-state index contributed by atoms with van der Waals surface area (Å²) >= 11 is 0. The van der Waals surface area contributed by atoms with E-state index in [9.17, 15) is 18.0 Å². The van der Waals surface area contributed by atoms with Crippen LogP contribution in [-0.2, 0) is 19.4 Å². The molecule has 2 aliphatic heterocycles. The highest BCUT2D eigenvalue weighted by atomic mass is 32.2. The first-order valence-electron chi connectivity index (χ1n) is 9.82. The van der Waals surface area contributed by atoms with Crippen LogP contribution in [0.25, 0.3) is 6.08 Å². The summed E-state index contributed by atoms with van der Waals surface area (Å²) < 4.78 is 29.8. The van der Waals surface area contributed by atoms with E-state index in [0.717, 1.165) is 11.0 Å². The van der Waals surface area contributed by atoms with Gasteiger partial charge in [-0.15, -0.1) is 0 Å². The molecule has 2 heterocycles. The van der Waals surface area contributed by atoms with E-state index in [1.54, 1.807) is 21.9 Å².